The molecule has 2 nitrogen and oxygen atoms in total. The van der Waals surface area contributed by atoms with E-state index in [-0.39, 0.29) is 6.10 Å². The monoisotopic (exact) mass is 200 g/mol. The van der Waals surface area contributed by atoms with Gasteiger partial charge in [0.2, 0.25) is 0 Å². The van der Waals surface area contributed by atoms with Gasteiger partial charge in [-0.1, -0.05) is 12.8 Å². The van der Waals surface area contributed by atoms with Crippen LogP contribution in [0.15, 0.2) is 0 Å². The van der Waals surface area contributed by atoms with Gasteiger partial charge in [-0.15, -0.1) is 0 Å². The standard InChI is InChI=1S/C12H24O2/c1-11(13)6-4-5-9-14-10-12-7-2-3-8-12/h11-13H,2-10H2,1H3. The molecule has 0 saturated heterocycles. The molecular formula is C12H24O2. The van der Waals surface area contributed by atoms with Crippen LogP contribution in [0.25, 0.3) is 0 Å². The summed E-state index contributed by atoms with van der Waals surface area (Å²) in [5.74, 6) is 0.840. The van der Waals surface area contributed by atoms with Gasteiger partial charge in [0.25, 0.3) is 0 Å². The topological polar surface area (TPSA) is 29.5 Å². The van der Waals surface area contributed by atoms with Gasteiger partial charge in [0.1, 0.15) is 0 Å². The molecule has 1 aliphatic carbocycles. The van der Waals surface area contributed by atoms with Crippen LogP contribution in [0.2, 0.25) is 0 Å². The maximum Gasteiger partial charge on any atom is 0.0512 e. The van der Waals surface area contributed by atoms with Crippen LogP contribution in [-0.4, -0.2) is 24.4 Å². The second-order valence-electron chi connectivity index (χ2n) is 4.57. The third-order valence-corrected chi connectivity index (χ3v) is 2.99. The van der Waals surface area contributed by atoms with Crippen molar-refractivity contribution >= 4 is 0 Å². The van der Waals surface area contributed by atoms with Crippen molar-refractivity contribution in [1.82, 2.24) is 0 Å². The Kier molecular flexibility index (Phi) is 6.20. The van der Waals surface area contributed by atoms with Gasteiger partial charge >= 0.3 is 0 Å². The van der Waals surface area contributed by atoms with Crippen molar-refractivity contribution in [1.29, 1.82) is 0 Å². The smallest absolute Gasteiger partial charge is 0.0512 e. The maximum atomic E-state index is 9.04. The normalized spacial score (nSPS) is 20.1. The lowest BCUT2D eigenvalue weighted by molar-refractivity contribution is 0.0945. The van der Waals surface area contributed by atoms with Crippen molar-refractivity contribution in [3.63, 3.8) is 0 Å². The predicted molar refractivity (Wildman–Crippen MR) is 58.3 cm³/mol. The average molecular weight is 200 g/mol. The Labute approximate surface area is 87.7 Å². The van der Waals surface area contributed by atoms with Gasteiger partial charge in [-0.05, 0) is 44.9 Å². The first kappa shape index (κ1) is 12.0. The van der Waals surface area contributed by atoms with Crippen molar-refractivity contribution in [2.45, 2.75) is 58.0 Å². The Morgan fingerprint density at radius 3 is 2.64 bits per heavy atom. The summed E-state index contributed by atoms with van der Waals surface area (Å²) in [6, 6.07) is 0. The first-order chi connectivity index (χ1) is 6.79. The van der Waals surface area contributed by atoms with E-state index in [2.05, 4.69) is 0 Å². The molecule has 0 aromatic heterocycles. The van der Waals surface area contributed by atoms with Crippen LogP contribution in [-0.2, 0) is 4.74 Å². The van der Waals surface area contributed by atoms with Gasteiger partial charge in [0, 0.05) is 13.2 Å². The molecule has 0 bridgehead atoms. The van der Waals surface area contributed by atoms with Crippen LogP contribution in [0.1, 0.15) is 51.9 Å². The van der Waals surface area contributed by atoms with Crippen LogP contribution < -0.4 is 0 Å². The summed E-state index contributed by atoms with van der Waals surface area (Å²) >= 11 is 0. The van der Waals surface area contributed by atoms with Gasteiger partial charge in [-0.3, -0.25) is 0 Å². The number of aliphatic hydroxyl groups excluding tert-OH is 1. The largest absolute Gasteiger partial charge is 0.393 e. The van der Waals surface area contributed by atoms with Crippen LogP contribution in [0.4, 0.5) is 0 Å². The van der Waals surface area contributed by atoms with Crippen molar-refractivity contribution in [3.05, 3.63) is 0 Å². The molecule has 0 aromatic carbocycles. The molecule has 2 heteroatoms. The Hall–Kier alpha value is -0.0800. The fraction of sp³-hybridized carbons (Fsp3) is 1.00. The number of hydrogen-bond donors (Lipinski definition) is 1. The highest BCUT2D eigenvalue weighted by Gasteiger charge is 2.14. The van der Waals surface area contributed by atoms with E-state index >= 15 is 0 Å². The number of ether oxygens (including phenoxy) is 1. The van der Waals surface area contributed by atoms with Crippen LogP contribution in [0.3, 0.4) is 0 Å². The van der Waals surface area contributed by atoms with Crippen LogP contribution >= 0.6 is 0 Å². The number of hydrogen-bond acceptors (Lipinski definition) is 2. The summed E-state index contributed by atoms with van der Waals surface area (Å²) in [7, 11) is 0. The van der Waals surface area contributed by atoms with E-state index in [1.54, 1.807) is 0 Å². The second kappa shape index (κ2) is 7.24. The molecule has 0 aliphatic heterocycles. The van der Waals surface area contributed by atoms with Crippen molar-refractivity contribution in [2.75, 3.05) is 13.2 Å². The Bertz CT molecular complexity index is 128. The third kappa shape index (κ3) is 5.61. The molecule has 1 N–H and O–H groups in total. The van der Waals surface area contributed by atoms with E-state index in [1.165, 1.54) is 25.7 Å². The molecule has 1 rings (SSSR count). The quantitative estimate of drug-likeness (QED) is 0.640. The van der Waals surface area contributed by atoms with Gasteiger partial charge in [0.05, 0.1) is 6.10 Å². The van der Waals surface area contributed by atoms with Gasteiger partial charge in [0.15, 0.2) is 0 Å². The molecule has 1 fully saturated rings. The molecule has 1 unspecified atom stereocenters. The molecule has 0 aromatic rings. The molecule has 0 radical (unpaired) electrons. The lowest BCUT2D eigenvalue weighted by Crippen LogP contribution is -2.07. The molecular weight excluding hydrogens is 176 g/mol. The van der Waals surface area contributed by atoms with Crippen molar-refractivity contribution < 1.29 is 9.84 Å². The molecule has 0 spiro atoms. The highest BCUT2D eigenvalue weighted by molar-refractivity contribution is 4.66. The van der Waals surface area contributed by atoms with Gasteiger partial charge < -0.3 is 9.84 Å². The summed E-state index contributed by atoms with van der Waals surface area (Å²) < 4.78 is 5.62. The summed E-state index contributed by atoms with van der Waals surface area (Å²) in [5.41, 5.74) is 0. The van der Waals surface area contributed by atoms with E-state index in [4.69, 9.17) is 9.84 Å². The van der Waals surface area contributed by atoms with E-state index in [9.17, 15) is 0 Å². The maximum absolute atomic E-state index is 9.04. The van der Waals surface area contributed by atoms with Gasteiger partial charge in [-0.25, -0.2) is 0 Å². The summed E-state index contributed by atoms with van der Waals surface area (Å²) in [6.07, 6.45) is 8.48. The highest BCUT2D eigenvalue weighted by Crippen LogP contribution is 2.24. The Balaban J connectivity index is 1.79. The zero-order valence-electron chi connectivity index (χ0n) is 9.37. The first-order valence-electron chi connectivity index (χ1n) is 6.05. The number of aliphatic hydroxyl groups is 1. The zero-order chi connectivity index (χ0) is 10.2. The summed E-state index contributed by atoms with van der Waals surface area (Å²) in [5, 5.41) is 9.04. The third-order valence-electron chi connectivity index (χ3n) is 2.99. The second-order valence-corrected chi connectivity index (χ2v) is 4.57. The van der Waals surface area contributed by atoms with E-state index in [1.807, 2.05) is 6.92 Å². The van der Waals surface area contributed by atoms with Crippen molar-refractivity contribution in [3.8, 4) is 0 Å². The molecule has 1 atom stereocenters. The first-order valence-corrected chi connectivity index (χ1v) is 6.05. The minimum atomic E-state index is -0.148. The fourth-order valence-electron chi connectivity index (χ4n) is 2.07. The molecule has 0 amide bonds. The zero-order valence-corrected chi connectivity index (χ0v) is 9.37. The minimum Gasteiger partial charge on any atom is -0.393 e. The Morgan fingerprint density at radius 2 is 2.00 bits per heavy atom. The number of unbranched alkanes of at least 4 members (excludes halogenated alkanes) is 1. The molecule has 84 valence electrons. The lowest BCUT2D eigenvalue weighted by atomic mass is 10.1. The fourth-order valence-corrected chi connectivity index (χ4v) is 2.07. The minimum absolute atomic E-state index is 0.148. The SMILES string of the molecule is CC(O)CCCCOCC1CCCC1. The highest BCUT2D eigenvalue weighted by atomic mass is 16.5. The lowest BCUT2D eigenvalue weighted by Gasteiger charge is -2.09. The number of rotatable bonds is 7. The van der Waals surface area contributed by atoms with E-state index in [0.717, 1.165) is 38.4 Å². The Morgan fingerprint density at radius 1 is 1.29 bits per heavy atom. The summed E-state index contributed by atoms with van der Waals surface area (Å²) in [4.78, 5) is 0. The molecule has 1 saturated carbocycles. The molecule has 14 heavy (non-hydrogen) atoms. The van der Waals surface area contributed by atoms with E-state index in [0.29, 0.717) is 0 Å². The molecule has 1 aliphatic rings. The predicted octanol–water partition coefficient (Wildman–Crippen LogP) is 2.74. The van der Waals surface area contributed by atoms with Crippen LogP contribution in [0, 0.1) is 5.92 Å². The van der Waals surface area contributed by atoms with Crippen molar-refractivity contribution in [2.24, 2.45) is 5.92 Å². The molecule has 0 heterocycles. The van der Waals surface area contributed by atoms with Crippen LogP contribution in [0.5, 0.6) is 0 Å². The average Bonchev–Trinajstić information content (AvgIpc) is 2.63. The van der Waals surface area contributed by atoms with E-state index < -0.39 is 0 Å². The summed E-state index contributed by atoms with van der Waals surface area (Å²) in [6.45, 7) is 3.69. The van der Waals surface area contributed by atoms with Gasteiger partial charge in [-0.2, -0.15) is 0 Å².